The van der Waals surface area contributed by atoms with Crippen LogP contribution in [0.2, 0.25) is 0 Å². The van der Waals surface area contributed by atoms with E-state index in [1.54, 1.807) is 13.8 Å². The Hall–Kier alpha value is -3.05. The molecular formula is C20H22F2N2O6S. The quantitative estimate of drug-likeness (QED) is 0.561. The third-order valence-electron chi connectivity index (χ3n) is 3.77. The van der Waals surface area contributed by atoms with Crippen molar-refractivity contribution in [3.8, 4) is 5.75 Å². The number of nitrogens with one attached hydrogen (secondary N) is 2. The van der Waals surface area contributed by atoms with Crippen LogP contribution in [0.15, 0.2) is 53.4 Å². The van der Waals surface area contributed by atoms with Gasteiger partial charge in [-0.1, -0.05) is 6.07 Å². The topological polar surface area (TPSA) is 111 Å². The normalized spacial score (nSPS) is 12.5. The first-order valence-electron chi connectivity index (χ1n) is 9.17. The van der Waals surface area contributed by atoms with Gasteiger partial charge in [-0.05, 0) is 63.2 Å². The van der Waals surface area contributed by atoms with E-state index in [1.807, 2.05) is 0 Å². The van der Waals surface area contributed by atoms with Gasteiger partial charge in [-0.2, -0.15) is 8.78 Å². The van der Waals surface area contributed by atoms with Crippen LogP contribution in [-0.4, -0.2) is 39.1 Å². The van der Waals surface area contributed by atoms with Gasteiger partial charge in [0.2, 0.25) is 10.0 Å². The summed E-state index contributed by atoms with van der Waals surface area (Å²) in [5, 5.41) is 2.50. The predicted octanol–water partition coefficient (Wildman–Crippen LogP) is 3.16. The molecule has 0 aromatic heterocycles. The van der Waals surface area contributed by atoms with Gasteiger partial charge in [-0.25, -0.2) is 17.9 Å². The lowest BCUT2D eigenvalue weighted by Gasteiger charge is -2.14. The van der Waals surface area contributed by atoms with E-state index in [1.165, 1.54) is 49.4 Å². The second kappa shape index (κ2) is 10.3. The third-order valence-corrected chi connectivity index (χ3v) is 5.45. The second-order valence-corrected chi connectivity index (χ2v) is 8.46. The molecule has 8 nitrogen and oxygen atoms in total. The molecule has 0 spiro atoms. The summed E-state index contributed by atoms with van der Waals surface area (Å²) < 4.78 is 60.5. The Labute approximate surface area is 178 Å². The maximum Gasteiger partial charge on any atom is 0.387 e. The number of hydrogen-bond donors (Lipinski definition) is 2. The monoisotopic (exact) mass is 456 g/mol. The molecule has 0 radical (unpaired) electrons. The predicted molar refractivity (Wildman–Crippen MR) is 108 cm³/mol. The molecule has 2 rings (SSSR count). The molecule has 1 amide bonds. The fraction of sp³-hybridized carbons (Fsp3) is 0.300. The molecule has 2 N–H and O–H groups in total. The minimum Gasteiger partial charge on any atom is -0.449 e. The first-order valence-corrected chi connectivity index (χ1v) is 10.7. The van der Waals surface area contributed by atoms with Crippen molar-refractivity contribution in [2.45, 2.75) is 44.4 Å². The number of anilines is 1. The summed E-state index contributed by atoms with van der Waals surface area (Å²) >= 11 is 0. The lowest BCUT2D eigenvalue weighted by molar-refractivity contribution is -0.123. The van der Waals surface area contributed by atoms with Crippen LogP contribution in [0, 0.1) is 0 Å². The fourth-order valence-corrected chi connectivity index (χ4v) is 3.67. The van der Waals surface area contributed by atoms with Crippen LogP contribution in [0.1, 0.15) is 31.1 Å². The first-order chi connectivity index (χ1) is 14.5. The van der Waals surface area contributed by atoms with E-state index < -0.39 is 34.6 Å². The number of carbonyl (C=O) groups is 2. The van der Waals surface area contributed by atoms with E-state index in [2.05, 4.69) is 14.8 Å². The van der Waals surface area contributed by atoms with Gasteiger partial charge >= 0.3 is 12.6 Å². The van der Waals surface area contributed by atoms with Crippen LogP contribution >= 0.6 is 0 Å². The Morgan fingerprint density at radius 1 is 1.00 bits per heavy atom. The number of hydrogen-bond acceptors (Lipinski definition) is 6. The molecule has 1 atom stereocenters. The average molecular weight is 456 g/mol. The number of alkyl halides is 2. The van der Waals surface area contributed by atoms with Crippen molar-refractivity contribution in [1.82, 2.24) is 4.72 Å². The molecule has 0 fully saturated rings. The summed E-state index contributed by atoms with van der Waals surface area (Å²) in [6, 6.07) is 10.2. The standard InChI is InChI=1S/C20H22F2N2O6S/c1-12(2)24-31(27,28)17-9-7-15(8-10-17)23-18(25)13(3)29-19(26)14-5-4-6-16(11-14)30-20(21)22/h4-13,20,24H,1-3H3,(H,23,25). The Morgan fingerprint density at radius 3 is 2.23 bits per heavy atom. The van der Waals surface area contributed by atoms with Crippen LogP contribution < -0.4 is 14.8 Å². The molecule has 2 aromatic carbocycles. The minimum absolute atomic E-state index is 0.0320. The van der Waals surface area contributed by atoms with E-state index in [-0.39, 0.29) is 22.3 Å². The van der Waals surface area contributed by atoms with Gasteiger partial charge in [0.05, 0.1) is 10.5 Å². The number of rotatable bonds is 9. The summed E-state index contributed by atoms with van der Waals surface area (Å²) in [4.78, 5) is 24.5. The van der Waals surface area contributed by atoms with E-state index in [9.17, 15) is 26.8 Å². The van der Waals surface area contributed by atoms with Gasteiger partial charge in [0.15, 0.2) is 6.10 Å². The van der Waals surface area contributed by atoms with Crippen LogP contribution in [0.25, 0.3) is 0 Å². The average Bonchev–Trinajstić information content (AvgIpc) is 2.67. The lowest BCUT2D eigenvalue weighted by Crippen LogP contribution is -2.30. The summed E-state index contributed by atoms with van der Waals surface area (Å²) in [5.41, 5.74) is 0.230. The number of carbonyl (C=O) groups excluding carboxylic acids is 2. The molecule has 0 aliphatic heterocycles. The van der Waals surface area contributed by atoms with Crippen molar-refractivity contribution in [3.63, 3.8) is 0 Å². The number of amides is 1. The number of sulfonamides is 1. The Bertz CT molecular complexity index is 1030. The van der Waals surface area contributed by atoms with Crippen molar-refractivity contribution >= 4 is 27.6 Å². The Morgan fingerprint density at radius 2 is 1.65 bits per heavy atom. The van der Waals surface area contributed by atoms with E-state index in [4.69, 9.17) is 4.74 Å². The third kappa shape index (κ3) is 7.30. The molecule has 31 heavy (non-hydrogen) atoms. The second-order valence-electron chi connectivity index (χ2n) is 6.74. The van der Waals surface area contributed by atoms with Gasteiger partial charge in [0.1, 0.15) is 5.75 Å². The smallest absolute Gasteiger partial charge is 0.387 e. The zero-order chi connectivity index (χ0) is 23.2. The molecule has 2 aromatic rings. The zero-order valence-electron chi connectivity index (χ0n) is 17.0. The van der Waals surface area contributed by atoms with Gasteiger partial charge in [0.25, 0.3) is 5.91 Å². The van der Waals surface area contributed by atoms with Crippen molar-refractivity contribution in [3.05, 3.63) is 54.1 Å². The molecule has 0 saturated carbocycles. The molecular weight excluding hydrogens is 434 g/mol. The van der Waals surface area contributed by atoms with Gasteiger partial charge in [0, 0.05) is 11.7 Å². The van der Waals surface area contributed by atoms with Crippen LogP contribution in [0.3, 0.4) is 0 Å². The summed E-state index contributed by atoms with van der Waals surface area (Å²) in [6.07, 6.45) is -1.21. The highest BCUT2D eigenvalue weighted by molar-refractivity contribution is 7.89. The largest absolute Gasteiger partial charge is 0.449 e. The van der Waals surface area contributed by atoms with Crippen LogP contribution in [0.4, 0.5) is 14.5 Å². The van der Waals surface area contributed by atoms with Gasteiger partial charge in [-0.3, -0.25) is 4.79 Å². The van der Waals surface area contributed by atoms with Gasteiger partial charge < -0.3 is 14.8 Å². The number of benzene rings is 2. The van der Waals surface area contributed by atoms with Crippen LogP contribution in [-0.2, 0) is 19.6 Å². The lowest BCUT2D eigenvalue weighted by atomic mass is 10.2. The highest BCUT2D eigenvalue weighted by Gasteiger charge is 2.20. The molecule has 0 bridgehead atoms. The molecule has 0 saturated heterocycles. The van der Waals surface area contributed by atoms with Crippen molar-refractivity contribution < 1.29 is 36.3 Å². The molecule has 11 heteroatoms. The Balaban J connectivity index is 1.99. The number of esters is 1. The van der Waals surface area contributed by atoms with Crippen LogP contribution in [0.5, 0.6) is 5.75 Å². The van der Waals surface area contributed by atoms with Gasteiger partial charge in [-0.15, -0.1) is 0 Å². The summed E-state index contributed by atoms with van der Waals surface area (Å²) in [6.45, 7) is 1.67. The highest BCUT2D eigenvalue weighted by atomic mass is 32.2. The molecule has 0 heterocycles. The first kappa shape index (κ1) is 24.2. The van der Waals surface area contributed by atoms with E-state index in [0.29, 0.717) is 5.69 Å². The Kier molecular flexibility index (Phi) is 8.06. The fourth-order valence-electron chi connectivity index (χ4n) is 2.42. The van der Waals surface area contributed by atoms with Crippen molar-refractivity contribution in [1.29, 1.82) is 0 Å². The maximum atomic E-state index is 12.3. The number of ether oxygens (including phenoxy) is 2. The molecule has 0 aliphatic carbocycles. The van der Waals surface area contributed by atoms with Crippen molar-refractivity contribution in [2.24, 2.45) is 0 Å². The summed E-state index contributed by atoms with van der Waals surface area (Å²) in [5.74, 6) is -1.78. The summed E-state index contributed by atoms with van der Waals surface area (Å²) in [7, 11) is -3.67. The zero-order valence-corrected chi connectivity index (χ0v) is 17.8. The molecule has 1 unspecified atom stereocenters. The molecule has 0 aliphatic rings. The van der Waals surface area contributed by atoms with Crippen molar-refractivity contribution in [2.75, 3.05) is 5.32 Å². The minimum atomic E-state index is -3.67. The highest BCUT2D eigenvalue weighted by Crippen LogP contribution is 2.18. The molecule has 168 valence electrons. The maximum absolute atomic E-state index is 12.3. The SMILES string of the molecule is CC(C)NS(=O)(=O)c1ccc(NC(=O)C(C)OC(=O)c2cccc(OC(F)F)c2)cc1. The van der Waals surface area contributed by atoms with E-state index in [0.717, 1.165) is 6.07 Å². The van der Waals surface area contributed by atoms with E-state index >= 15 is 0 Å². The number of halogens is 2.